The lowest BCUT2D eigenvalue weighted by Crippen LogP contribution is -2.11. The van der Waals surface area contributed by atoms with Gasteiger partial charge in [0.2, 0.25) is 0 Å². The molecule has 0 aliphatic carbocycles. The average Bonchev–Trinajstić information content (AvgIpc) is 3.07. The van der Waals surface area contributed by atoms with E-state index in [4.69, 9.17) is 5.11 Å². The van der Waals surface area contributed by atoms with Gasteiger partial charge in [-0.3, -0.25) is 4.79 Å². The van der Waals surface area contributed by atoms with Crippen molar-refractivity contribution >= 4 is 11.6 Å². The molecule has 1 aromatic heterocycles. The highest BCUT2D eigenvalue weighted by Gasteiger charge is 2.11. The lowest BCUT2D eigenvalue weighted by atomic mass is 10.1. The Hall–Kier alpha value is -2.99. The first-order chi connectivity index (χ1) is 11.7. The lowest BCUT2D eigenvalue weighted by molar-refractivity contribution is 0.102. The number of aliphatic hydroxyl groups excluding tert-OH is 1. The van der Waals surface area contributed by atoms with Gasteiger partial charge in [0.25, 0.3) is 5.91 Å². The minimum Gasteiger partial charge on any atom is -0.396 e. The molecule has 0 aliphatic heterocycles. The van der Waals surface area contributed by atoms with Crippen molar-refractivity contribution in [1.29, 1.82) is 0 Å². The molecule has 24 heavy (non-hydrogen) atoms. The summed E-state index contributed by atoms with van der Waals surface area (Å²) < 4.78 is 15.1. The first-order valence-electron chi connectivity index (χ1n) is 7.48. The van der Waals surface area contributed by atoms with Gasteiger partial charge in [0.05, 0.1) is 11.8 Å². The van der Waals surface area contributed by atoms with E-state index in [9.17, 15) is 9.18 Å². The number of carbonyl (C=O) groups is 1. The van der Waals surface area contributed by atoms with Crippen molar-refractivity contribution in [1.82, 2.24) is 9.78 Å². The topological polar surface area (TPSA) is 67.2 Å². The molecule has 0 saturated carbocycles. The lowest BCUT2D eigenvalue weighted by Gasteiger charge is -2.05. The largest absolute Gasteiger partial charge is 0.396 e. The Morgan fingerprint density at radius 2 is 1.92 bits per heavy atom. The van der Waals surface area contributed by atoms with Crippen LogP contribution in [-0.2, 0) is 6.42 Å². The maximum Gasteiger partial charge on any atom is 0.258 e. The molecule has 0 aliphatic rings. The normalized spacial score (nSPS) is 10.6. The van der Waals surface area contributed by atoms with Crippen molar-refractivity contribution in [2.75, 3.05) is 11.9 Å². The van der Waals surface area contributed by atoms with Crippen LogP contribution >= 0.6 is 0 Å². The molecule has 0 atom stereocenters. The number of aliphatic hydroxyl groups is 1. The van der Waals surface area contributed by atoms with Gasteiger partial charge in [-0.1, -0.05) is 24.3 Å². The number of para-hydroxylation sites is 1. The Bertz CT molecular complexity index is 843. The summed E-state index contributed by atoms with van der Waals surface area (Å²) in [7, 11) is 0. The Morgan fingerprint density at radius 3 is 2.62 bits per heavy atom. The Balaban J connectivity index is 1.73. The SMILES string of the molecule is O=C(Nc1ccc(CCO)cc1)c1cnn(-c2ccccc2F)c1. The number of rotatable bonds is 5. The van der Waals surface area contributed by atoms with Gasteiger partial charge in [-0.05, 0) is 36.2 Å². The number of anilines is 1. The Labute approximate surface area is 138 Å². The summed E-state index contributed by atoms with van der Waals surface area (Å²) in [6.45, 7) is 0.0843. The first-order valence-corrected chi connectivity index (χ1v) is 7.48. The van der Waals surface area contributed by atoms with E-state index in [1.807, 2.05) is 12.1 Å². The van der Waals surface area contributed by atoms with Crippen molar-refractivity contribution in [2.45, 2.75) is 6.42 Å². The van der Waals surface area contributed by atoms with Crippen LogP contribution in [0.25, 0.3) is 5.69 Å². The molecule has 0 bridgehead atoms. The maximum atomic E-state index is 13.8. The van der Waals surface area contributed by atoms with Crippen molar-refractivity contribution in [3.63, 3.8) is 0 Å². The third-order valence-corrected chi connectivity index (χ3v) is 3.56. The third-order valence-electron chi connectivity index (χ3n) is 3.56. The molecule has 0 saturated heterocycles. The van der Waals surface area contributed by atoms with Crippen LogP contribution in [0.4, 0.5) is 10.1 Å². The summed E-state index contributed by atoms with van der Waals surface area (Å²) in [4.78, 5) is 12.3. The second-order valence-corrected chi connectivity index (χ2v) is 5.25. The molecule has 0 radical (unpaired) electrons. The summed E-state index contributed by atoms with van der Waals surface area (Å²) >= 11 is 0. The van der Waals surface area contributed by atoms with E-state index in [0.717, 1.165) is 5.56 Å². The molecule has 6 heteroatoms. The van der Waals surface area contributed by atoms with Crippen LogP contribution in [0.15, 0.2) is 60.9 Å². The van der Waals surface area contributed by atoms with E-state index < -0.39 is 5.82 Å². The van der Waals surface area contributed by atoms with Crippen LogP contribution in [0, 0.1) is 5.82 Å². The van der Waals surface area contributed by atoms with E-state index in [1.54, 1.807) is 30.3 Å². The highest BCUT2D eigenvalue weighted by atomic mass is 19.1. The number of hydrogen-bond acceptors (Lipinski definition) is 3. The van der Waals surface area contributed by atoms with Gasteiger partial charge in [-0.25, -0.2) is 9.07 Å². The highest BCUT2D eigenvalue weighted by Crippen LogP contribution is 2.15. The molecule has 3 aromatic rings. The Kier molecular flexibility index (Phi) is 4.67. The van der Waals surface area contributed by atoms with E-state index >= 15 is 0 Å². The maximum absolute atomic E-state index is 13.8. The van der Waals surface area contributed by atoms with Crippen molar-refractivity contribution in [3.05, 3.63) is 77.9 Å². The van der Waals surface area contributed by atoms with Gasteiger partial charge in [-0.15, -0.1) is 0 Å². The van der Waals surface area contributed by atoms with Crippen molar-refractivity contribution in [3.8, 4) is 5.69 Å². The Morgan fingerprint density at radius 1 is 1.17 bits per heavy atom. The minimum absolute atomic E-state index is 0.0843. The van der Waals surface area contributed by atoms with Gasteiger partial charge in [0.1, 0.15) is 11.5 Å². The average molecular weight is 325 g/mol. The summed E-state index contributed by atoms with van der Waals surface area (Å²) in [5.41, 5.74) is 2.24. The molecular formula is C18H16FN3O2. The fourth-order valence-electron chi connectivity index (χ4n) is 2.30. The molecule has 0 unspecified atom stereocenters. The van der Waals surface area contributed by atoms with Crippen LogP contribution in [0.3, 0.4) is 0 Å². The molecule has 1 amide bonds. The molecule has 122 valence electrons. The zero-order chi connectivity index (χ0) is 16.9. The number of amides is 1. The van der Waals surface area contributed by atoms with Crippen LogP contribution in [0.2, 0.25) is 0 Å². The third kappa shape index (κ3) is 3.49. The number of benzene rings is 2. The first kappa shape index (κ1) is 15.9. The molecule has 3 rings (SSSR count). The van der Waals surface area contributed by atoms with Crippen LogP contribution in [0.5, 0.6) is 0 Å². The quantitative estimate of drug-likeness (QED) is 0.758. The second kappa shape index (κ2) is 7.06. The fraction of sp³-hybridized carbons (Fsp3) is 0.111. The molecule has 2 aromatic carbocycles. The van der Waals surface area contributed by atoms with Gasteiger partial charge >= 0.3 is 0 Å². The number of aromatic nitrogens is 2. The van der Waals surface area contributed by atoms with Crippen LogP contribution in [0.1, 0.15) is 15.9 Å². The summed E-state index contributed by atoms with van der Waals surface area (Å²) in [6, 6.07) is 13.4. The van der Waals surface area contributed by atoms with Crippen molar-refractivity contribution in [2.24, 2.45) is 0 Å². The van der Waals surface area contributed by atoms with Gasteiger partial charge < -0.3 is 10.4 Å². The number of hydrogen-bond donors (Lipinski definition) is 2. The molecule has 2 N–H and O–H groups in total. The minimum atomic E-state index is -0.410. The molecule has 1 heterocycles. The van der Waals surface area contributed by atoms with E-state index in [1.165, 1.54) is 23.1 Å². The fourth-order valence-corrected chi connectivity index (χ4v) is 2.30. The molecular weight excluding hydrogens is 309 g/mol. The highest BCUT2D eigenvalue weighted by molar-refractivity contribution is 6.03. The monoisotopic (exact) mass is 325 g/mol. The van der Waals surface area contributed by atoms with Crippen LogP contribution < -0.4 is 5.32 Å². The zero-order valence-electron chi connectivity index (χ0n) is 12.8. The predicted molar refractivity (Wildman–Crippen MR) is 88.7 cm³/mol. The smallest absolute Gasteiger partial charge is 0.258 e. The second-order valence-electron chi connectivity index (χ2n) is 5.25. The number of halogens is 1. The number of carbonyl (C=O) groups excluding carboxylic acids is 1. The van der Waals surface area contributed by atoms with E-state index in [-0.39, 0.29) is 18.2 Å². The summed E-state index contributed by atoms with van der Waals surface area (Å²) in [6.07, 6.45) is 3.44. The van der Waals surface area contributed by atoms with E-state index in [2.05, 4.69) is 10.4 Å². The van der Waals surface area contributed by atoms with Gasteiger partial charge in [-0.2, -0.15) is 5.10 Å². The summed E-state index contributed by atoms with van der Waals surface area (Å²) in [5, 5.41) is 15.7. The molecule has 5 nitrogen and oxygen atoms in total. The predicted octanol–water partition coefficient (Wildman–Crippen LogP) is 2.80. The number of nitrogens with zero attached hydrogens (tertiary/aromatic N) is 2. The standard InChI is InChI=1S/C18H16FN3O2/c19-16-3-1-2-4-17(16)22-12-14(11-20-22)18(24)21-15-7-5-13(6-8-15)9-10-23/h1-8,11-12,23H,9-10H2,(H,21,24). The van der Waals surface area contributed by atoms with Gasteiger partial charge in [0, 0.05) is 18.5 Å². The molecule has 0 fully saturated rings. The number of nitrogens with one attached hydrogen (secondary N) is 1. The molecule has 0 spiro atoms. The zero-order valence-corrected chi connectivity index (χ0v) is 12.8. The van der Waals surface area contributed by atoms with Crippen molar-refractivity contribution < 1.29 is 14.3 Å². The van der Waals surface area contributed by atoms with Gasteiger partial charge in [0.15, 0.2) is 0 Å². The summed E-state index contributed by atoms with van der Waals surface area (Å²) in [5.74, 6) is -0.737. The van der Waals surface area contributed by atoms with E-state index in [0.29, 0.717) is 17.7 Å². The van der Waals surface area contributed by atoms with Crippen LogP contribution in [-0.4, -0.2) is 27.4 Å².